The molecule has 26 heavy (non-hydrogen) atoms. The van der Waals surface area contributed by atoms with Crippen molar-refractivity contribution >= 4 is 28.4 Å². The number of fused-ring (bicyclic) bond motifs is 1. The molecule has 0 unspecified atom stereocenters. The molecule has 0 aliphatic rings. The summed E-state index contributed by atoms with van der Waals surface area (Å²) in [5, 5.41) is 10.0. The Morgan fingerprint density at radius 3 is 2.77 bits per heavy atom. The zero-order chi connectivity index (χ0) is 18.5. The Balaban J connectivity index is 2.00. The van der Waals surface area contributed by atoms with Gasteiger partial charge in [0.1, 0.15) is 23.7 Å². The molecule has 0 saturated carbocycles. The average Bonchev–Trinajstić information content (AvgIpc) is 3.03. The number of carbonyl (C=O) groups is 1. The van der Waals surface area contributed by atoms with Crippen LogP contribution in [-0.2, 0) is 6.42 Å². The Kier molecular flexibility index (Phi) is 5.96. The molecule has 1 N–H and O–H groups in total. The standard InChI is InChI=1S/C21H21ClO4/c1-2-3-7-19-20(15-6-4-5-8-17(15)26-19)21(24)14-9-10-18(16(22)13-14)25-12-11-23/h4-6,8-10,13,23H,2-3,7,11-12H2,1H3. The smallest absolute Gasteiger partial charge is 0.197 e. The SMILES string of the molecule is CCCCc1oc2ccccc2c1C(=O)c1ccc(OCCO)c(Cl)c1. The monoisotopic (exact) mass is 372 g/mol. The van der Waals surface area contributed by atoms with Gasteiger partial charge in [0.2, 0.25) is 0 Å². The first-order chi connectivity index (χ1) is 12.7. The fourth-order valence-corrected chi connectivity index (χ4v) is 3.15. The molecule has 2 aromatic carbocycles. The number of hydrogen-bond acceptors (Lipinski definition) is 4. The summed E-state index contributed by atoms with van der Waals surface area (Å²) in [4.78, 5) is 13.2. The molecule has 4 nitrogen and oxygen atoms in total. The lowest BCUT2D eigenvalue weighted by Gasteiger charge is -2.08. The van der Waals surface area contributed by atoms with Gasteiger partial charge in [-0.25, -0.2) is 0 Å². The number of carbonyl (C=O) groups excluding carboxylic acids is 1. The summed E-state index contributed by atoms with van der Waals surface area (Å²) in [6.45, 7) is 2.16. The molecule has 0 atom stereocenters. The minimum Gasteiger partial charge on any atom is -0.490 e. The van der Waals surface area contributed by atoms with Crippen molar-refractivity contribution in [2.75, 3.05) is 13.2 Å². The molecular weight excluding hydrogens is 352 g/mol. The fraction of sp³-hybridized carbons (Fsp3) is 0.286. The Bertz CT molecular complexity index is 914. The molecule has 5 heteroatoms. The van der Waals surface area contributed by atoms with Crippen molar-refractivity contribution in [3.8, 4) is 5.75 Å². The summed E-state index contributed by atoms with van der Waals surface area (Å²) in [6.07, 6.45) is 2.69. The second-order valence-electron chi connectivity index (χ2n) is 6.05. The predicted molar refractivity (Wildman–Crippen MR) is 102 cm³/mol. The Morgan fingerprint density at radius 2 is 2.04 bits per heavy atom. The summed E-state index contributed by atoms with van der Waals surface area (Å²) in [5.74, 6) is 1.05. The highest BCUT2D eigenvalue weighted by atomic mass is 35.5. The van der Waals surface area contributed by atoms with Crippen LogP contribution in [0.1, 0.15) is 41.4 Å². The van der Waals surface area contributed by atoms with Gasteiger partial charge in [-0.15, -0.1) is 0 Å². The van der Waals surface area contributed by atoms with Crippen LogP contribution < -0.4 is 4.74 Å². The molecule has 0 amide bonds. The average molecular weight is 373 g/mol. The number of para-hydroxylation sites is 1. The number of hydrogen-bond donors (Lipinski definition) is 1. The highest BCUT2D eigenvalue weighted by Crippen LogP contribution is 2.31. The molecule has 1 heterocycles. The van der Waals surface area contributed by atoms with Crippen LogP contribution in [0.15, 0.2) is 46.9 Å². The summed E-state index contributed by atoms with van der Waals surface area (Å²) in [7, 11) is 0. The van der Waals surface area contributed by atoms with Gasteiger partial charge in [0.25, 0.3) is 0 Å². The van der Waals surface area contributed by atoms with Crippen LogP contribution in [0.2, 0.25) is 5.02 Å². The molecule has 0 aliphatic heterocycles. The number of halogens is 1. The third-order valence-electron chi connectivity index (χ3n) is 4.20. The van der Waals surface area contributed by atoms with Crippen molar-refractivity contribution < 1.29 is 19.1 Å². The molecule has 0 fully saturated rings. The van der Waals surface area contributed by atoms with Gasteiger partial charge in [0.15, 0.2) is 5.78 Å². The van der Waals surface area contributed by atoms with E-state index in [1.807, 2.05) is 24.3 Å². The minimum absolute atomic E-state index is 0.0984. The van der Waals surface area contributed by atoms with Crippen molar-refractivity contribution in [1.29, 1.82) is 0 Å². The number of aliphatic hydroxyl groups is 1. The van der Waals surface area contributed by atoms with Crippen LogP contribution in [0.25, 0.3) is 11.0 Å². The summed E-state index contributed by atoms with van der Waals surface area (Å²) in [5.41, 5.74) is 1.81. The maximum absolute atomic E-state index is 13.2. The second-order valence-corrected chi connectivity index (χ2v) is 6.45. The van der Waals surface area contributed by atoms with Gasteiger partial charge in [-0.2, -0.15) is 0 Å². The van der Waals surface area contributed by atoms with Crippen LogP contribution in [0, 0.1) is 0 Å². The summed E-state index contributed by atoms with van der Waals surface area (Å²) < 4.78 is 11.3. The van der Waals surface area contributed by atoms with Crippen molar-refractivity contribution in [2.24, 2.45) is 0 Å². The largest absolute Gasteiger partial charge is 0.490 e. The van der Waals surface area contributed by atoms with E-state index in [0.29, 0.717) is 21.9 Å². The first-order valence-corrected chi connectivity index (χ1v) is 9.11. The number of ether oxygens (including phenoxy) is 1. The van der Waals surface area contributed by atoms with Crippen molar-refractivity contribution in [3.63, 3.8) is 0 Å². The van der Waals surface area contributed by atoms with E-state index in [2.05, 4.69) is 6.92 Å². The Hall–Kier alpha value is -2.30. The van der Waals surface area contributed by atoms with E-state index in [1.54, 1.807) is 18.2 Å². The number of aliphatic hydroxyl groups excluding tert-OH is 1. The maximum atomic E-state index is 13.2. The zero-order valence-electron chi connectivity index (χ0n) is 14.6. The molecule has 0 bridgehead atoms. The molecule has 0 saturated heterocycles. The third kappa shape index (κ3) is 3.76. The van der Waals surface area contributed by atoms with Gasteiger partial charge in [0, 0.05) is 17.4 Å². The highest BCUT2D eigenvalue weighted by molar-refractivity contribution is 6.32. The van der Waals surface area contributed by atoms with E-state index < -0.39 is 0 Å². The van der Waals surface area contributed by atoms with E-state index in [4.69, 9.17) is 25.9 Å². The van der Waals surface area contributed by atoms with Crippen LogP contribution >= 0.6 is 11.6 Å². The molecule has 0 spiro atoms. The number of furan rings is 1. The predicted octanol–water partition coefficient (Wildman–Crippen LogP) is 5.03. The van der Waals surface area contributed by atoms with Crippen LogP contribution in [0.4, 0.5) is 0 Å². The number of rotatable bonds is 8. The maximum Gasteiger partial charge on any atom is 0.197 e. The van der Waals surface area contributed by atoms with Gasteiger partial charge < -0.3 is 14.3 Å². The summed E-state index contributed by atoms with van der Waals surface area (Å²) >= 11 is 6.23. The van der Waals surface area contributed by atoms with E-state index in [-0.39, 0.29) is 19.0 Å². The normalized spacial score (nSPS) is 11.0. The molecule has 3 aromatic rings. The zero-order valence-corrected chi connectivity index (χ0v) is 15.4. The quantitative estimate of drug-likeness (QED) is 0.563. The van der Waals surface area contributed by atoms with Gasteiger partial charge in [-0.3, -0.25) is 4.79 Å². The van der Waals surface area contributed by atoms with Crippen molar-refractivity contribution in [2.45, 2.75) is 26.2 Å². The van der Waals surface area contributed by atoms with E-state index in [9.17, 15) is 4.79 Å². The van der Waals surface area contributed by atoms with Crippen LogP contribution in [0.3, 0.4) is 0 Å². The lowest BCUT2D eigenvalue weighted by atomic mass is 9.98. The number of ketones is 1. The molecule has 0 radical (unpaired) electrons. The first-order valence-electron chi connectivity index (χ1n) is 8.74. The van der Waals surface area contributed by atoms with Gasteiger partial charge in [0.05, 0.1) is 17.2 Å². The minimum atomic E-state index is -0.114. The molecular formula is C21H21ClO4. The van der Waals surface area contributed by atoms with Gasteiger partial charge >= 0.3 is 0 Å². The van der Waals surface area contributed by atoms with Crippen molar-refractivity contribution in [1.82, 2.24) is 0 Å². The summed E-state index contributed by atoms with van der Waals surface area (Å²) in [6, 6.07) is 12.5. The lowest BCUT2D eigenvalue weighted by Crippen LogP contribution is -2.06. The molecule has 3 rings (SSSR count). The number of aryl methyl sites for hydroxylation is 1. The van der Waals surface area contributed by atoms with Crippen molar-refractivity contribution in [3.05, 3.63) is 64.4 Å². The number of benzene rings is 2. The number of unbranched alkanes of at least 4 members (excludes halogenated alkanes) is 1. The van der Waals surface area contributed by atoms with Gasteiger partial charge in [-0.1, -0.05) is 43.1 Å². The van der Waals surface area contributed by atoms with E-state index in [0.717, 1.165) is 36.0 Å². The van der Waals surface area contributed by atoms with E-state index in [1.165, 1.54) is 0 Å². The molecule has 136 valence electrons. The second kappa shape index (κ2) is 8.39. The van der Waals surface area contributed by atoms with Gasteiger partial charge in [-0.05, 0) is 30.7 Å². The van der Waals surface area contributed by atoms with Crippen LogP contribution in [-0.4, -0.2) is 24.1 Å². The molecule has 1 aromatic heterocycles. The Morgan fingerprint density at radius 1 is 1.23 bits per heavy atom. The first kappa shape index (κ1) is 18.5. The Labute approximate surface area is 157 Å². The van der Waals surface area contributed by atoms with Crippen LogP contribution in [0.5, 0.6) is 5.75 Å². The lowest BCUT2D eigenvalue weighted by molar-refractivity contribution is 0.103. The topological polar surface area (TPSA) is 59.7 Å². The molecule has 0 aliphatic carbocycles. The fourth-order valence-electron chi connectivity index (χ4n) is 2.92. The van der Waals surface area contributed by atoms with E-state index >= 15 is 0 Å². The highest BCUT2D eigenvalue weighted by Gasteiger charge is 2.22. The third-order valence-corrected chi connectivity index (χ3v) is 4.49.